The predicted octanol–water partition coefficient (Wildman–Crippen LogP) is 2.34. The Balaban J connectivity index is 1.69. The van der Waals surface area contributed by atoms with Gasteiger partial charge in [0.15, 0.2) is 5.65 Å². The van der Waals surface area contributed by atoms with E-state index in [1.54, 1.807) is 28.7 Å². The number of hydrogen-bond donors (Lipinski definition) is 2. The lowest BCUT2D eigenvalue weighted by atomic mass is 10.1. The largest absolute Gasteiger partial charge is 0.473 e. The molecule has 5 rings (SSSR count). The zero-order chi connectivity index (χ0) is 27.0. The number of aryl methyl sites for hydroxylation is 1. The molecule has 12 nitrogen and oxygen atoms in total. The van der Waals surface area contributed by atoms with Crippen LogP contribution in [0.15, 0.2) is 34.7 Å². The summed E-state index contributed by atoms with van der Waals surface area (Å²) in [5.41, 5.74) is 4.40. The van der Waals surface area contributed by atoms with Crippen molar-refractivity contribution in [1.82, 2.24) is 35.1 Å². The Labute approximate surface area is 221 Å². The molecule has 3 aromatic rings. The highest BCUT2D eigenvalue weighted by Gasteiger charge is 2.35. The van der Waals surface area contributed by atoms with Crippen molar-refractivity contribution >= 4 is 29.2 Å². The number of aliphatic hydroxyl groups is 1. The monoisotopic (exact) mass is 520 g/mol. The van der Waals surface area contributed by atoms with Crippen LogP contribution in [0.4, 0.5) is 0 Å². The number of H-pyrrole nitrogens is 1. The molecule has 0 unspecified atom stereocenters. The van der Waals surface area contributed by atoms with E-state index in [9.17, 15) is 5.11 Å². The predicted molar refractivity (Wildman–Crippen MR) is 144 cm³/mol. The summed E-state index contributed by atoms with van der Waals surface area (Å²) in [5.74, 6) is 1.12. The van der Waals surface area contributed by atoms with Crippen LogP contribution in [0.25, 0.3) is 28.4 Å². The van der Waals surface area contributed by atoms with Crippen molar-refractivity contribution in [2.75, 3.05) is 19.6 Å². The molecule has 0 radical (unpaired) electrons. The lowest BCUT2D eigenvalue weighted by Gasteiger charge is -2.24. The highest BCUT2D eigenvalue weighted by atomic mass is 16.5. The maximum atomic E-state index is 10.2. The van der Waals surface area contributed by atoms with Gasteiger partial charge in [-0.1, -0.05) is 11.6 Å². The number of aromatic amines is 1. The smallest absolute Gasteiger partial charge is 0.293 e. The number of hydrogen-bond acceptors (Lipinski definition) is 9. The van der Waals surface area contributed by atoms with Gasteiger partial charge in [-0.05, 0) is 52.5 Å². The summed E-state index contributed by atoms with van der Waals surface area (Å²) in [5, 5.41) is 36.3. The summed E-state index contributed by atoms with van der Waals surface area (Å²) in [4.78, 5) is 2.27. The number of aliphatic hydroxyl groups excluding tert-OH is 1. The van der Waals surface area contributed by atoms with Gasteiger partial charge in [-0.15, -0.1) is 10.2 Å². The van der Waals surface area contributed by atoms with E-state index in [0.717, 1.165) is 28.8 Å². The van der Waals surface area contributed by atoms with Gasteiger partial charge in [0.1, 0.15) is 23.5 Å². The van der Waals surface area contributed by atoms with Crippen molar-refractivity contribution in [3.05, 3.63) is 35.3 Å². The number of ether oxygens (including phenoxy) is 2. The number of aromatic nitrogens is 6. The molecule has 200 valence electrons. The Hall–Kier alpha value is -3.90. The fourth-order valence-corrected chi connectivity index (χ4v) is 4.54. The van der Waals surface area contributed by atoms with Crippen LogP contribution in [0.2, 0.25) is 0 Å². The minimum atomic E-state index is -0.695. The lowest BCUT2D eigenvalue weighted by molar-refractivity contribution is -0.479. The molecule has 0 aliphatic carbocycles. The molecule has 2 bridgehead atoms. The summed E-state index contributed by atoms with van der Waals surface area (Å²) in [6, 6.07) is 1.94. The van der Waals surface area contributed by atoms with Crippen molar-refractivity contribution < 1.29 is 19.3 Å². The first kappa shape index (κ1) is 25.7. The Morgan fingerprint density at radius 3 is 2.84 bits per heavy atom. The van der Waals surface area contributed by atoms with Gasteiger partial charge in [0, 0.05) is 18.7 Å². The molecule has 2 aliphatic heterocycles. The molecule has 3 aromatic heterocycles. The second kappa shape index (κ2) is 10.5. The van der Waals surface area contributed by atoms with Crippen LogP contribution in [0.3, 0.4) is 0 Å². The van der Waals surface area contributed by atoms with Gasteiger partial charge >= 0.3 is 0 Å². The number of nitrogens with zero attached hydrogens (tertiary/aromatic N) is 8. The van der Waals surface area contributed by atoms with Gasteiger partial charge in [-0.25, -0.2) is 4.68 Å². The highest BCUT2D eigenvalue weighted by Crippen LogP contribution is 2.31. The number of nitrogens with one attached hydrogen (secondary N) is 1. The molecule has 0 saturated carbocycles. The molecule has 0 spiro atoms. The molecular formula is C26H34N9O3+. The van der Waals surface area contributed by atoms with Gasteiger partial charge in [0.25, 0.3) is 5.90 Å². The van der Waals surface area contributed by atoms with Crippen LogP contribution < -0.4 is 4.74 Å². The van der Waals surface area contributed by atoms with Crippen molar-refractivity contribution in [2.45, 2.75) is 52.9 Å². The van der Waals surface area contributed by atoms with Crippen LogP contribution in [0, 0.1) is 0 Å². The lowest BCUT2D eigenvalue weighted by Crippen LogP contribution is -2.37. The molecule has 12 heteroatoms. The summed E-state index contributed by atoms with van der Waals surface area (Å²) in [6.07, 6.45) is 6.38. The van der Waals surface area contributed by atoms with E-state index in [4.69, 9.17) is 14.6 Å². The quantitative estimate of drug-likeness (QED) is 0.504. The first-order valence-corrected chi connectivity index (χ1v) is 12.9. The molecule has 38 heavy (non-hydrogen) atoms. The number of hydrazone groups is 1. The van der Waals surface area contributed by atoms with Crippen LogP contribution in [-0.2, 0) is 11.8 Å². The van der Waals surface area contributed by atoms with E-state index in [1.165, 1.54) is 0 Å². The molecule has 5 heterocycles. The topological polar surface area (TPSA) is 130 Å². The fraction of sp³-hybridized carbons (Fsp3) is 0.462. The van der Waals surface area contributed by atoms with Gasteiger partial charge in [-0.2, -0.15) is 10.2 Å². The maximum absolute atomic E-state index is 10.2. The zero-order valence-corrected chi connectivity index (χ0v) is 22.6. The summed E-state index contributed by atoms with van der Waals surface area (Å²) in [7, 11) is 1.85. The molecule has 0 saturated heterocycles. The van der Waals surface area contributed by atoms with Crippen molar-refractivity contribution in [2.24, 2.45) is 12.1 Å². The second-order valence-electron chi connectivity index (χ2n) is 9.84. The van der Waals surface area contributed by atoms with Gasteiger partial charge < -0.3 is 14.6 Å². The normalized spacial score (nSPS) is 21.2. The molecule has 2 atom stereocenters. The molecule has 0 aromatic carbocycles. The van der Waals surface area contributed by atoms with E-state index in [2.05, 4.69) is 37.3 Å². The third-order valence-corrected chi connectivity index (χ3v) is 6.29. The minimum absolute atomic E-state index is 0.0779. The Morgan fingerprint density at radius 1 is 1.29 bits per heavy atom. The number of fused-ring (bicyclic) bond motifs is 3. The number of likely N-dealkylation sites (N-methyl/N-ethyl adjacent to an activating group) is 1. The summed E-state index contributed by atoms with van der Waals surface area (Å²) < 4.78 is 16.0. The fourth-order valence-electron chi connectivity index (χ4n) is 4.54. The van der Waals surface area contributed by atoms with Crippen molar-refractivity contribution in [3.8, 4) is 17.1 Å². The van der Waals surface area contributed by atoms with E-state index < -0.39 is 6.10 Å². The minimum Gasteiger partial charge on any atom is -0.473 e. The van der Waals surface area contributed by atoms with E-state index in [1.807, 2.05) is 46.0 Å². The van der Waals surface area contributed by atoms with Gasteiger partial charge in [0.2, 0.25) is 17.8 Å². The maximum Gasteiger partial charge on any atom is 0.293 e. The van der Waals surface area contributed by atoms with Gasteiger partial charge in [0.05, 0.1) is 35.5 Å². The summed E-state index contributed by atoms with van der Waals surface area (Å²) in [6.45, 7) is 11.8. The average molecular weight is 521 g/mol. The third kappa shape index (κ3) is 5.09. The second-order valence-corrected chi connectivity index (χ2v) is 9.84. The number of rotatable bonds is 3. The first-order chi connectivity index (χ1) is 18.2. The average Bonchev–Trinajstić information content (AvgIpc) is 3.52. The zero-order valence-electron chi connectivity index (χ0n) is 22.6. The third-order valence-electron chi connectivity index (χ3n) is 6.29. The van der Waals surface area contributed by atoms with E-state index in [0.29, 0.717) is 41.9 Å². The van der Waals surface area contributed by atoms with E-state index >= 15 is 0 Å². The van der Waals surface area contributed by atoms with Crippen LogP contribution >= 0.6 is 0 Å². The molecule has 0 fully saturated rings. The molecular weight excluding hydrogens is 486 g/mol. The Kier molecular flexibility index (Phi) is 7.09. The first-order valence-electron chi connectivity index (χ1n) is 12.9. The Morgan fingerprint density at radius 2 is 2.11 bits per heavy atom. The van der Waals surface area contributed by atoms with Crippen LogP contribution in [0.1, 0.15) is 40.3 Å². The standard InChI is InChI=1S/C26H34N9O3/c1-7-34-13-17(5)38-26-20(11-27-33(26)6)22-10-19-21(28-30-24(19)31-29-22)9-8-18-23(14-34)35(12-16(4)36)32-25(18)37-15(2)3/h8-12,15-17,36H,7,13-14H2,1-6H3,(H,28,30,31)/q+1/b9-8+,35-12-/t16-,17-/m0/s1. The molecule has 0 amide bonds. The molecule has 2 N–H and O–H groups in total. The van der Waals surface area contributed by atoms with Gasteiger partial charge in [-0.3, -0.25) is 10.00 Å². The van der Waals surface area contributed by atoms with Crippen LogP contribution in [0.5, 0.6) is 5.88 Å². The van der Waals surface area contributed by atoms with Crippen molar-refractivity contribution in [3.63, 3.8) is 0 Å². The van der Waals surface area contributed by atoms with E-state index in [-0.39, 0.29) is 12.2 Å². The highest BCUT2D eigenvalue weighted by molar-refractivity contribution is 5.99. The van der Waals surface area contributed by atoms with Crippen molar-refractivity contribution in [1.29, 1.82) is 0 Å². The SMILES string of the molecule is CCN1CC2=C(/C=C/c3n[nH]c4nnc(cc34)-c3cnn(C)c3O[C@@H](C)C1)C(OC(C)C)=N/[N+]2=C\[C@H](C)O. The summed E-state index contributed by atoms with van der Waals surface area (Å²) >= 11 is 0. The van der Waals surface area contributed by atoms with Crippen LogP contribution in [-0.4, -0.2) is 94.9 Å². The molecule has 2 aliphatic rings. The Bertz CT molecular complexity index is 1460.